The highest BCUT2D eigenvalue weighted by Crippen LogP contribution is 2.13. The maximum atomic E-state index is 12.0. The van der Waals surface area contributed by atoms with Crippen molar-refractivity contribution in [1.29, 1.82) is 0 Å². The standard InChI is InChI=1S/C4H10BFO2/c1-3(4(2)6)5(7)8/h3-4,7-8H,1-2H3/t3-,4?/m0/s1. The summed E-state index contributed by atoms with van der Waals surface area (Å²) >= 11 is 0. The number of hydrogen-bond acceptors (Lipinski definition) is 2. The third-order valence-electron chi connectivity index (χ3n) is 1.19. The number of hydrogen-bond donors (Lipinski definition) is 2. The molecule has 0 saturated heterocycles. The fraction of sp³-hybridized carbons (Fsp3) is 1.00. The molecule has 0 heterocycles. The van der Waals surface area contributed by atoms with Crippen LogP contribution in [0.4, 0.5) is 4.39 Å². The van der Waals surface area contributed by atoms with Crippen molar-refractivity contribution in [2.45, 2.75) is 25.8 Å². The van der Waals surface area contributed by atoms with Gasteiger partial charge < -0.3 is 10.0 Å². The van der Waals surface area contributed by atoms with Crippen LogP contribution in [0.15, 0.2) is 0 Å². The second kappa shape index (κ2) is 3.04. The quantitative estimate of drug-likeness (QED) is 0.511. The number of halogens is 1. The minimum absolute atomic E-state index is 0.685. The summed E-state index contributed by atoms with van der Waals surface area (Å²) < 4.78 is 12.0. The van der Waals surface area contributed by atoms with E-state index >= 15 is 0 Å². The van der Waals surface area contributed by atoms with Gasteiger partial charge in [-0.05, 0) is 6.92 Å². The maximum absolute atomic E-state index is 12.0. The Hall–Kier alpha value is -0.0851. The first-order chi connectivity index (χ1) is 3.55. The molecule has 2 N–H and O–H groups in total. The van der Waals surface area contributed by atoms with Gasteiger partial charge in [0.2, 0.25) is 0 Å². The van der Waals surface area contributed by atoms with E-state index in [0.717, 1.165) is 0 Å². The van der Waals surface area contributed by atoms with Gasteiger partial charge in [0.05, 0.1) is 6.17 Å². The topological polar surface area (TPSA) is 40.5 Å². The van der Waals surface area contributed by atoms with Crippen LogP contribution in [-0.2, 0) is 0 Å². The zero-order valence-corrected chi connectivity index (χ0v) is 5.00. The lowest BCUT2D eigenvalue weighted by Gasteiger charge is -2.09. The van der Waals surface area contributed by atoms with Gasteiger partial charge in [0.15, 0.2) is 0 Å². The molecule has 0 aliphatic rings. The molecule has 0 aromatic heterocycles. The van der Waals surface area contributed by atoms with Crippen molar-refractivity contribution in [3.05, 3.63) is 0 Å². The van der Waals surface area contributed by atoms with Gasteiger partial charge >= 0.3 is 7.12 Å². The van der Waals surface area contributed by atoms with E-state index in [4.69, 9.17) is 10.0 Å². The van der Waals surface area contributed by atoms with Crippen LogP contribution in [0.2, 0.25) is 5.82 Å². The third kappa shape index (κ3) is 2.28. The molecule has 4 heteroatoms. The zero-order chi connectivity index (χ0) is 6.73. The van der Waals surface area contributed by atoms with Gasteiger partial charge in [-0.15, -0.1) is 0 Å². The summed E-state index contributed by atoms with van der Waals surface area (Å²) in [6.07, 6.45) is -1.16. The van der Waals surface area contributed by atoms with Crippen molar-refractivity contribution in [3.8, 4) is 0 Å². The molecule has 0 amide bonds. The van der Waals surface area contributed by atoms with Crippen LogP contribution in [0.5, 0.6) is 0 Å². The van der Waals surface area contributed by atoms with Gasteiger partial charge in [-0.1, -0.05) is 6.92 Å². The molecule has 0 aliphatic heterocycles. The number of alkyl halides is 1. The van der Waals surface area contributed by atoms with Crippen molar-refractivity contribution < 1.29 is 14.4 Å². The Labute approximate surface area is 48.5 Å². The molecule has 0 rings (SSSR count). The summed E-state index contributed by atoms with van der Waals surface area (Å²) in [5.74, 6) is -0.685. The lowest BCUT2D eigenvalue weighted by atomic mass is 9.72. The van der Waals surface area contributed by atoms with Gasteiger partial charge in [-0.3, -0.25) is 0 Å². The summed E-state index contributed by atoms with van der Waals surface area (Å²) in [7, 11) is -1.53. The van der Waals surface area contributed by atoms with Crippen LogP contribution in [0, 0.1) is 0 Å². The predicted octanol–water partition coefficient (Wildman–Crippen LogP) is 0.207. The van der Waals surface area contributed by atoms with E-state index in [1.807, 2.05) is 0 Å². The Morgan fingerprint density at radius 3 is 1.75 bits per heavy atom. The second-order valence-corrected chi connectivity index (χ2v) is 1.95. The third-order valence-corrected chi connectivity index (χ3v) is 1.19. The summed E-state index contributed by atoms with van der Waals surface area (Å²) in [4.78, 5) is 0. The molecule has 0 bridgehead atoms. The van der Waals surface area contributed by atoms with Crippen molar-refractivity contribution in [1.82, 2.24) is 0 Å². The molecule has 2 nitrogen and oxygen atoms in total. The highest BCUT2D eigenvalue weighted by Gasteiger charge is 2.23. The fourth-order valence-corrected chi connectivity index (χ4v) is 0.237. The van der Waals surface area contributed by atoms with Crippen LogP contribution in [0.25, 0.3) is 0 Å². The molecule has 0 aromatic rings. The van der Waals surface area contributed by atoms with E-state index in [2.05, 4.69) is 0 Å². The van der Waals surface area contributed by atoms with E-state index in [0.29, 0.717) is 0 Å². The van der Waals surface area contributed by atoms with E-state index in [1.54, 1.807) is 0 Å². The first kappa shape index (κ1) is 7.91. The zero-order valence-electron chi connectivity index (χ0n) is 5.00. The first-order valence-electron chi connectivity index (χ1n) is 2.56. The molecule has 0 aromatic carbocycles. The van der Waals surface area contributed by atoms with Gasteiger partial charge in [0, 0.05) is 5.82 Å². The summed E-state index contributed by atoms with van der Waals surface area (Å²) in [6, 6.07) is 0. The maximum Gasteiger partial charge on any atom is 0.457 e. The van der Waals surface area contributed by atoms with Crippen molar-refractivity contribution in [2.75, 3.05) is 0 Å². The molecular formula is C4H10BFO2. The molecule has 1 unspecified atom stereocenters. The predicted molar refractivity (Wildman–Crippen MR) is 30.2 cm³/mol. The lowest BCUT2D eigenvalue weighted by molar-refractivity contribution is 0.299. The van der Waals surface area contributed by atoms with Crippen LogP contribution in [0.3, 0.4) is 0 Å². The Kier molecular flexibility index (Phi) is 3.01. The average molecular weight is 120 g/mol. The normalized spacial score (nSPS) is 17.6. The number of rotatable bonds is 2. The lowest BCUT2D eigenvalue weighted by Crippen LogP contribution is -2.23. The van der Waals surface area contributed by atoms with Crippen molar-refractivity contribution >= 4 is 7.12 Å². The minimum Gasteiger partial charge on any atom is -0.427 e. The Morgan fingerprint density at radius 1 is 1.38 bits per heavy atom. The molecule has 0 spiro atoms. The summed E-state index contributed by atoms with van der Waals surface area (Å²) in [6.45, 7) is 2.74. The molecule has 0 fully saturated rings. The molecule has 0 aliphatic carbocycles. The molecular weight excluding hydrogens is 110 g/mol. The molecule has 0 saturated carbocycles. The monoisotopic (exact) mass is 120 g/mol. The first-order valence-corrected chi connectivity index (χ1v) is 2.56. The van der Waals surface area contributed by atoms with E-state index in [-0.39, 0.29) is 0 Å². The van der Waals surface area contributed by atoms with Crippen LogP contribution >= 0.6 is 0 Å². The molecule has 8 heavy (non-hydrogen) atoms. The second-order valence-electron chi connectivity index (χ2n) is 1.95. The summed E-state index contributed by atoms with van der Waals surface area (Å²) in [5, 5.41) is 16.6. The average Bonchev–Trinajstić information content (AvgIpc) is 1.64. The minimum atomic E-state index is -1.53. The summed E-state index contributed by atoms with van der Waals surface area (Å²) in [5.41, 5.74) is 0. The van der Waals surface area contributed by atoms with Gasteiger partial charge in [-0.2, -0.15) is 0 Å². The highest BCUT2D eigenvalue weighted by atomic mass is 19.1. The van der Waals surface area contributed by atoms with Crippen molar-refractivity contribution in [3.63, 3.8) is 0 Å². The highest BCUT2D eigenvalue weighted by molar-refractivity contribution is 6.43. The van der Waals surface area contributed by atoms with Gasteiger partial charge in [0.1, 0.15) is 0 Å². The molecule has 0 radical (unpaired) electrons. The Bertz CT molecular complexity index is 59.1. The van der Waals surface area contributed by atoms with E-state index in [9.17, 15) is 4.39 Å². The molecule has 48 valence electrons. The SMILES string of the molecule is CC(F)[C@H](C)B(O)O. The van der Waals surface area contributed by atoms with Gasteiger partial charge in [0.25, 0.3) is 0 Å². The van der Waals surface area contributed by atoms with Gasteiger partial charge in [-0.25, -0.2) is 4.39 Å². The van der Waals surface area contributed by atoms with E-state index in [1.165, 1.54) is 13.8 Å². The Balaban J connectivity index is 3.46. The Morgan fingerprint density at radius 2 is 1.75 bits per heavy atom. The molecule has 2 atom stereocenters. The van der Waals surface area contributed by atoms with E-state index < -0.39 is 19.1 Å². The smallest absolute Gasteiger partial charge is 0.427 e. The van der Waals surface area contributed by atoms with Crippen molar-refractivity contribution in [2.24, 2.45) is 0 Å². The fourth-order valence-electron chi connectivity index (χ4n) is 0.237. The van der Waals surface area contributed by atoms with Crippen LogP contribution < -0.4 is 0 Å². The largest absolute Gasteiger partial charge is 0.457 e. The van der Waals surface area contributed by atoms with Crippen LogP contribution in [-0.4, -0.2) is 23.3 Å². The van der Waals surface area contributed by atoms with Crippen LogP contribution in [0.1, 0.15) is 13.8 Å².